The fourth-order valence-electron chi connectivity index (χ4n) is 3.75. The van der Waals surface area contributed by atoms with Gasteiger partial charge in [-0.3, -0.25) is 4.79 Å². The Morgan fingerprint density at radius 1 is 1.16 bits per heavy atom. The Kier molecular flexibility index (Phi) is 6.65. The molecule has 3 aromatic rings. The number of hydrogen-bond acceptors (Lipinski definition) is 8. The third kappa shape index (κ3) is 4.57. The van der Waals surface area contributed by atoms with E-state index in [2.05, 4.69) is 5.16 Å². The molecule has 0 radical (unpaired) electrons. The van der Waals surface area contributed by atoms with Crippen molar-refractivity contribution in [1.29, 1.82) is 0 Å². The zero-order chi connectivity index (χ0) is 22.5. The molecule has 4 rings (SSSR count). The lowest BCUT2D eigenvalue weighted by Gasteiger charge is -2.23. The molecule has 9 nitrogen and oxygen atoms in total. The van der Waals surface area contributed by atoms with E-state index in [0.29, 0.717) is 47.4 Å². The highest BCUT2D eigenvalue weighted by molar-refractivity contribution is 5.91. The Morgan fingerprint density at radius 2 is 1.94 bits per heavy atom. The third-order valence-corrected chi connectivity index (χ3v) is 5.33. The highest BCUT2D eigenvalue weighted by Crippen LogP contribution is 2.41. The van der Waals surface area contributed by atoms with Gasteiger partial charge in [0.25, 0.3) is 5.91 Å². The van der Waals surface area contributed by atoms with E-state index in [1.165, 1.54) is 6.26 Å². The highest BCUT2D eigenvalue weighted by Gasteiger charge is 2.26. The van der Waals surface area contributed by atoms with Crippen LogP contribution < -0.4 is 14.2 Å². The van der Waals surface area contributed by atoms with Crippen molar-refractivity contribution in [2.24, 2.45) is 0 Å². The normalized spacial score (nSPS) is 15.5. The van der Waals surface area contributed by atoms with Crippen molar-refractivity contribution >= 4 is 5.91 Å². The molecule has 1 amide bonds. The summed E-state index contributed by atoms with van der Waals surface area (Å²) in [6.45, 7) is 1.42. The molecule has 0 spiro atoms. The van der Waals surface area contributed by atoms with Crippen LogP contribution in [0, 0.1) is 0 Å². The summed E-state index contributed by atoms with van der Waals surface area (Å²) in [5.41, 5.74) is 1.31. The summed E-state index contributed by atoms with van der Waals surface area (Å²) in [7, 11) is 4.65. The molecule has 2 aromatic heterocycles. The number of furan rings is 1. The number of carbonyl (C=O) groups excluding carboxylic acids is 1. The summed E-state index contributed by atoms with van der Waals surface area (Å²) in [4.78, 5) is 14.7. The lowest BCUT2D eigenvalue weighted by Crippen LogP contribution is -2.36. The third-order valence-electron chi connectivity index (χ3n) is 5.33. The first kappa shape index (κ1) is 21.8. The second-order valence-electron chi connectivity index (χ2n) is 7.39. The van der Waals surface area contributed by atoms with Crippen LogP contribution in [0.2, 0.25) is 0 Å². The molecule has 1 atom stereocenters. The van der Waals surface area contributed by atoms with E-state index < -0.39 is 0 Å². The van der Waals surface area contributed by atoms with Crippen LogP contribution in [0.1, 0.15) is 29.1 Å². The molecule has 1 aliphatic heterocycles. The van der Waals surface area contributed by atoms with Gasteiger partial charge in [-0.15, -0.1) is 0 Å². The van der Waals surface area contributed by atoms with Crippen LogP contribution in [-0.2, 0) is 11.3 Å². The molecule has 0 aliphatic carbocycles. The zero-order valence-corrected chi connectivity index (χ0v) is 18.3. The monoisotopic (exact) mass is 442 g/mol. The van der Waals surface area contributed by atoms with E-state index in [9.17, 15) is 4.79 Å². The average Bonchev–Trinajstić information content (AvgIpc) is 3.60. The van der Waals surface area contributed by atoms with Gasteiger partial charge >= 0.3 is 0 Å². The number of hydrogen-bond donors (Lipinski definition) is 0. The summed E-state index contributed by atoms with van der Waals surface area (Å²) in [5, 5.41) is 4.17. The summed E-state index contributed by atoms with van der Waals surface area (Å²) in [6, 6.07) is 8.69. The molecule has 1 fully saturated rings. The van der Waals surface area contributed by atoms with Gasteiger partial charge in [0.15, 0.2) is 23.0 Å². The van der Waals surface area contributed by atoms with Gasteiger partial charge in [-0.05, 0) is 37.1 Å². The lowest BCUT2D eigenvalue weighted by atomic mass is 10.1. The van der Waals surface area contributed by atoms with Gasteiger partial charge in [0, 0.05) is 24.8 Å². The summed E-state index contributed by atoms with van der Waals surface area (Å²) >= 11 is 0. The number of nitrogens with zero attached hydrogens (tertiary/aromatic N) is 2. The fourth-order valence-corrected chi connectivity index (χ4v) is 3.75. The summed E-state index contributed by atoms with van der Waals surface area (Å²) < 4.78 is 32.8. The van der Waals surface area contributed by atoms with Crippen LogP contribution in [0.3, 0.4) is 0 Å². The second kappa shape index (κ2) is 9.78. The molecule has 1 aromatic carbocycles. The number of carbonyl (C=O) groups is 1. The summed E-state index contributed by atoms with van der Waals surface area (Å²) in [5.74, 6) is 2.08. The minimum Gasteiger partial charge on any atom is -0.493 e. The molecule has 3 heterocycles. The highest BCUT2D eigenvalue weighted by atomic mass is 16.5. The van der Waals surface area contributed by atoms with Crippen molar-refractivity contribution in [2.45, 2.75) is 25.5 Å². The van der Waals surface area contributed by atoms with Crippen LogP contribution >= 0.6 is 0 Å². The minimum atomic E-state index is -0.220. The molecule has 0 saturated carbocycles. The molecule has 9 heteroatoms. The van der Waals surface area contributed by atoms with Crippen molar-refractivity contribution < 1.29 is 32.7 Å². The first-order chi connectivity index (χ1) is 15.6. The van der Waals surface area contributed by atoms with Crippen LogP contribution in [0.25, 0.3) is 11.3 Å². The van der Waals surface area contributed by atoms with Gasteiger partial charge in [0.1, 0.15) is 5.69 Å². The van der Waals surface area contributed by atoms with E-state index in [0.717, 1.165) is 12.8 Å². The van der Waals surface area contributed by atoms with Gasteiger partial charge in [0.2, 0.25) is 5.75 Å². The van der Waals surface area contributed by atoms with Crippen LogP contribution in [0.4, 0.5) is 0 Å². The Hall–Kier alpha value is -3.46. The maximum absolute atomic E-state index is 13.0. The smallest absolute Gasteiger partial charge is 0.289 e. The molecule has 1 saturated heterocycles. The maximum atomic E-state index is 13.0. The van der Waals surface area contributed by atoms with E-state index in [-0.39, 0.29) is 24.3 Å². The molecule has 1 aliphatic rings. The summed E-state index contributed by atoms with van der Waals surface area (Å²) in [6.07, 6.45) is 3.38. The first-order valence-electron chi connectivity index (χ1n) is 10.3. The number of aromatic nitrogens is 1. The van der Waals surface area contributed by atoms with E-state index >= 15 is 0 Å². The topological polar surface area (TPSA) is 96.4 Å². The molecular formula is C23H26N2O7. The first-order valence-corrected chi connectivity index (χ1v) is 10.3. The molecule has 32 heavy (non-hydrogen) atoms. The van der Waals surface area contributed by atoms with Crippen molar-refractivity contribution in [2.75, 3.05) is 34.5 Å². The van der Waals surface area contributed by atoms with Crippen LogP contribution in [0.15, 0.2) is 45.5 Å². The number of rotatable bonds is 9. The number of ether oxygens (including phenoxy) is 4. The SMILES string of the molecule is COc1cc(-c2cc(CN(C[C@H]3CCCO3)C(=O)c3ccco3)no2)cc(OC)c1OC. The average molecular weight is 442 g/mol. The number of amides is 1. The quantitative estimate of drug-likeness (QED) is 0.494. The van der Waals surface area contributed by atoms with E-state index in [4.69, 9.17) is 27.9 Å². The van der Waals surface area contributed by atoms with Crippen LogP contribution in [0.5, 0.6) is 17.2 Å². The Bertz CT molecular complexity index is 1010. The van der Waals surface area contributed by atoms with Crippen molar-refractivity contribution in [3.05, 3.63) is 48.0 Å². The van der Waals surface area contributed by atoms with Crippen molar-refractivity contribution in [1.82, 2.24) is 10.1 Å². The Morgan fingerprint density at radius 3 is 2.53 bits per heavy atom. The van der Waals surface area contributed by atoms with E-state index in [1.54, 1.807) is 56.6 Å². The van der Waals surface area contributed by atoms with Crippen molar-refractivity contribution in [3.8, 4) is 28.6 Å². The molecule has 0 unspecified atom stereocenters. The van der Waals surface area contributed by atoms with Gasteiger partial charge < -0.3 is 32.8 Å². The predicted molar refractivity (Wildman–Crippen MR) is 114 cm³/mol. The van der Waals surface area contributed by atoms with Crippen LogP contribution in [-0.4, -0.2) is 56.5 Å². The fraction of sp³-hybridized carbons (Fsp3) is 0.391. The predicted octanol–water partition coefficient (Wildman–Crippen LogP) is 3.78. The Labute approximate surface area is 185 Å². The molecule has 170 valence electrons. The molecule has 0 N–H and O–H groups in total. The number of methoxy groups -OCH3 is 3. The standard InChI is InChI=1S/C23H26N2O7/c1-27-20-10-15(11-21(28-2)22(20)29-3)19-12-16(24-32-19)13-25(14-17-6-4-8-30-17)23(26)18-7-5-9-31-18/h5,7,9-12,17H,4,6,8,13-14H2,1-3H3/t17-/m1/s1. The van der Waals surface area contributed by atoms with Crippen molar-refractivity contribution in [3.63, 3.8) is 0 Å². The molecule has 0 bridgehead atoms. The second-order valence-corrected chi connectivity index (χ2v) is 7.39. The van der Waals surface area contributed by atoms with Gasteiger partial charge in [-0.2, -0.15) is 0 Å². The van der Waals surface area contributed by atoms with Gasteiger partial charge in [0.05, 0.1) is 40.2 Å². The number of benzene rings is 1. The molecular weight excluding hydrogens is 416 g/mol. The van der Waals surface area contributed by atoms with Gasteiger partial charge in [-0.25, -0.2) is 0 Å². The zero-order valence-electron chi connectivity index (χ0n) is 18.3. The Balaban J connectivity index is 1.58. The lowest BCUT2D eigenvalue weighted by molar-refractivity contribution is 0.0479. The van der Waals surface area contributed by atoms with E-state index in [1.807, 2.05) is 0 Å². The van der Waals surface area contributed by atoms with Gasteiger partial charge in [-0.1, -0.05) is 5.16 Å². The minimum absolute atomic E-state index is 0.00426. The maximum Gasteiger partial charge on any atom is 0.289 e. The largest absolute Gasteiger partial charge is 0.493 e.